The Hall–Kier alpha value is -2.42. The molecule has 0 aliphatic heterocycles. The lowest BCUT2D eigenvalue weighted by molar-refractivity contribution is 0.355. The van der Waals surface area contributed by atoms with Crippen LogP contribution in [-0.4, -0.2) is 14.2 Å². The number of hydrogen-bond acceptors (Lipinski definition) is 3. The number of ether oxygens (including phenoxy) is 2. The normalized spacial score (nSPS) is 11.5. The molecule has 0 fully saturated rings. The first-order valence-electron chi connectivity index (χ1n) is 9.97. The minimum absolute atomic E-state index is 0.685. The average Bonchev–Trinajstić information content (AvgIpc) is 3.05. The highest BCUT2D eigenvalue weighted by atomic mass is 16.5. The lowest BCUT2D eigenvalue weighted by Crippen LogP contribution is -1.89. The van der Waals surface area contributed by atoms with Gasteiger partial charge < -0.3 is 13.9 Å². The largest absolute Gasteiger partial charge is 0.493 e. The van der Waals surface area contributed by atoms with Crippen molar-refractivity contribution in [3.63, 3.8) is 0 Å². The van der Waals surface area contributed by atoms with Crippen LogP contribution in [0, 0.1) is 0 Å². The van der Waals surface area contributed by atoms with Crippen molar-refractivity contribution in [3.8, 4) is 11.5 Å². The summed E-state index contributed by atoms with van der Waals surface area (Å²) in [6.45, 7) is 10.8. The second-order valence-electron chi connectivity index (χ2n) is 7.74. The van der Waals surface area contributed by atoms with Gasteiger partial charge in [-0.2, -0.15) is 0 Å². The molecule has 0 saturated carbocycles. The molecule has 2 aromatic rings. The number of fused-ring (bicyclic) bond motifs is 1. The summed E-state index contributed by atoms with van der Waals surface area (Å²) in [5.41, 5.74) is 6.21. The van der Waals surface area contributed by atoms with Crippen molar-refractivity contribution < 1.29 is 13.9 Å². The quantitative estimate of drug-likeness (QED) is 0.416. The minimum atomic E-state index is 0.685. The third-order valence-corrected chi connectivity index (χ3v) is 4.90. The molecule has 1 aromatic heterocycles. The van der Waals surface area contributed by atoms with Crippen LogP contribution in [0.2, 0.25) is 0 Å². The Kier molecular flexibility index (Phi) is 7.98. The Morgan fingerprint density at radius 3 is 2.11 bits per heavy atom. The summed E-state index contributed by atoms with van der Waals surface area (Å²) < 4.78 is 17.0. The van der Waals surface area contributed by atoms with E-state index in [0.717, 1.165) is 48.2 Å². The molecule has 152 valence electrons. The zero-order valence-corrected chi connectivity index (χ0v) is 18.4. The minimum Gasteiger partial charge on any atom is -0.493 e. The summed E-state index contributed by atoms with van der Waals surface area (Å²) in [5.74, 6) is 2.33. The number of methoxy groups -OCH3 is 2. The van der Waals surface area contributed by atoms with E-state index in [2.05, 4.69) is 52.8 Å². The molecule has 0 spiro atoms. The van der Waals surface area contributed by atoms with E-state index in [-0.39, 0.29) is 0 Å². The molecule has 0 aliphatic rings. The smallest absolute Gasteiger partial charge is 0.164 e. The van der Waals surface area contributed by atoms with Crippen LogP contribution in [0.15, 0.2) is 51.5 Å². The molecule has 0 atom stereocenters. The van der Waals surface area contributed by atoms with E-state index in [4.69, 9.17) is 13.9 Å². The third kappa shape index (κ3) is 5.79. The summed E-state index contributed by atoms with van der Waals surface area (Å²) in [4.78, 5) is 0. The highest BCUT2D eigenvalue weighted by molar-refractivity contribution is 5.85. The third-order valence-electron chi connectivity index (χ3n) is 4.90. The van der Waals surface area contributed by atoms with E-state index < -0.39 is 0 Å². The van der Waals surface area contributed by atoms with Crippen LogP contribution in [0.25, 0.3) is 16.5 Å². The zero-order chi connectivity index (χ0) is 20.7. The van der Waals surface area contributed by atoms with Gasteiger partial charge in [-0.05, 0) is 78.0 Å². The van der Waals surface area contributed by atoms with Gasteiger partial charge in [0.15, 0.2) is 11.5 Å². The van der Waals surface area contributed by atoms with Crippen molar-refractivity contribution in [1.29, 1.82) is 0 Å². The second-order valence-corrected chi connectivity index (χ2v) is 7.74. The van der Waals surface area contributed by atoms with E-state index in [1.807, 2.05) is 12.1 Å². The molecule has 0 bridgehead atoms. The average molecular weight is 383 g/mol. The number of allylic oxidation sites excluding steroid dienone is 6. The van der Waals surface area contributed by atoms with Crippen molar-refractivity contribution in [3.05, 3.63) is 52.8 Å². The van der Waals surface area contributed by atoms with Crippen LogP contribution < -0.4 is 9.47 Å². The molecular weight excluding hydrogens is 348 g/mol. The Bertz CT molecular complexity index is 845. The van der Waals surface area contributed by atoms with E-state index in [0.29, 0.717) is 5.75 Å². The van der Waals surface area contributed by atoms with E-state index in [1.54, 1.807) is 14.2 Å². The molecule has 0 aliphatic carbocycles. The van der Waals surface area contributed by atoms with Crippen LogP contribution in [0.5, 0.6) is 11.5 Å². The van der Waals surface area contributed by atoms with Crippen LogP contribution in [0.3, 0.4) is 0 Å². The van der Waals surface area contributed by atoms with E-state index in [1.165, 1.54) is 22.3 Å². The highest BCUT2D eigenvalue weighted by Gasteiger charge is 2.14. The maximum absolute atomic E-state index is 6.16. The summed E-state index contributed by atoms with van der Waals surface area (Å²) >= 11 is 0. The van der Waals surface area contributed by atoms with Gasteiger partial charge in [-0.25, -0.2) is 0 Å². The van der Waals surface area contributed by atoms with Gasteiger partial charge >= 0.3 is 0 Å². The van der Waals surface area contributed by atoms with Gasteiger partial charge in [0.1, 0.15) is 11.3 Å². The Morgan fingerprint density at radius 1 is 0.857 bits per heavy atom. The number of furan rings is 1. The van der Waals surface area contributed by atoms with Crippen LogP contribution in [-0.2, 0) is 0 Å². The molecule has 0 amide bonds. The van der Waals surface area contributed by atoms with E-state index >= 15 is 0 Å². The molecule has 3 heteroatoms. The molecule has 1 heterocycles. The fraction of sp³-hybridized carbons (Fsp3) is 0.440. The molecule has 0 unspecified atom stereocenters. The number of hydrogen-bond donors (Lipinski definition) is 0. The van der Waals surface area contributed by atoms with Gasteiger partial charge in [-0.15, -0.1) is 0 Å². The summed E-state index contributed by atoms with van der Waals surface area (Å²) in [7, 11) is 3.29. The fourth-order valence-electron chi connectivity index (χ4n) is 3.29. The SMILES string of the molecule is COc1cc2cc(C(CC/C=C(\C)CCC=C(C)C)=C(C)C)oc2cc1OC. The monoisotopic (exact) mass is 382 g/mol. The highest BCUT2D eigenvalue weighted by Crippen LogP contribution is 2.36. The van der Waals surface area contributed by atoms with Crippen molar-refractivity contribution in [2.75, 3.05) is 14.2 Å². The molecule has 3 nitrogen and oxygen atoms in total. The van der Waals surface area contributed by atoms with Gasteiger partial charge in [0.25, 0.3) is 0 Å². The summed E-state index contributed by atoms with van der Waals surface area (Å²) in [5, 5.41) is 1.03. The molecular formula is C25H34O3. The first kappa shape index (κ1) is 21.9. The van der Waals surface area contributed by atoms with Crippen molar-refractivity contribution in [2.45, 2.75) is 60.3 Å². The standard InChI is InChI=1S/C25H34O3/c1-17(2)10-8-11-19(5)12-9-13-21(18(3)4)23-14-20-15-24(26-6)25(27-7)16-22(20)28-23/h10,12,14-16H,8-9,11,13H2,1-7H3/b19-12+. The second kappa shape index (κ2) is 10.2. The lowest BCUT2D eigenvalue weighted by atomic mass is 10.0. The van der Waals surface area contributed by atoms with Gasteiger partial charge in [0.05, 0.1) is 14.2 Å². The van der Waals surface area contributed by atoms with Crippen LogP contribution in [0.4, 0.5) is 0 Å². The zero-order valence-electron chi connectivity index (χ0n) is 18.4. The maximum Gasteiger partial charge on any atom is 0.164 e. The first-order valence-corrected chi connectivity index (χ1v) is 9.97. The van der Waals surface area contributed by atoms with E-state index in [9.17, 15) is 0 Å². The first-order chi connectivity index (χ1) is 13.3. The summed E-state index contributed by atoms with van der Waals surface area (Å²) in [6, 6.07) is 5.97. The lowest BCUT2D eigenvalue weighted by Gasteiger charge is -2.07. The van der Waals surface area contributed by atoms with Crippen molar-refractivity contribution >= 4 is 16.5 Å². The van der Waals surface area contributed by atoms with Crippen LogP contribution >= 0.6 is 0 Å². The van der Waals surface area contributed by atoms with Gasteiger partial charge in [-0.3, -0.25) is 0 Å². The molecule has 0 N–H and O–H groups in total. The summed E-state index contributed by atoms with van der Waals surface area (Å²) in [6.07, 6.45) is 8.89. The molecule has 28 heavy (non-hydrogen) atoms. The molecule has 2 rings (SSSR count). The van der Waals surface area contributed by atoms with Crippen molar-refractivity contribution in [1.82, 2.24) is 0 Å². The molecule has 1 aromatic carbocycles. The Labute approximate surface area is 169 Å². The predicted octanol–water partition coefficient (Wildman–Crippen LogP) is 7.72. The predicted molar refractivity (Wildman–Crippen MR) is 119 cm³/mol. The Balaban J connectivity index is 2.16. The van der Waals surface area contributed by atoms with Crippen LogP contribution in [0.1, 0.15) is 66.1 Å². The maximum atomic E-state index is 6.16. The number of rotatable bonds is 9. The van der Waals surface area contributed by atoms with Crippen molar-refractivity contribution in [2.24, 2.45) is 0 Å². The Morgan fingerprint density at radius 2 is 1.50 bits per heavy atom. The van der Waals surface area contributed by atoms with Gasteiger partial charge in [0, 0.05) is 11.5 Å². The fourth-order valence-corrected chi connectivity index (χ4v) is 3.29. The van der Waals surface area contributed by atoms with Gasteiger partial charge in [-0.1, -0.05) is 28.9 Å². The van der Waals surface area contributed by atoms with Gasteiger partial charge in [0.2, 0.25) is 0 Å². The molecule has 0 radical (unpaired) electrons. The molecule has 0 saturated heterocycles. The topological polar surface area (TPSA) is 31.6 Å². The number of benzene rings is 1.